The molecule has 3 nitrogen and oxygen atoms in total. The molecule has 0 aliphatic heterocycles. The van der Waals surface area contributed by atoms with Crippen LogP contribution in [0.1, 0.15) is 11.4 Å². The van der Waals surface area contributed by atoms with Gasteiger partial charge in [-0.05, 0) is 50.2 Å². The molecule has 0 amide bonds. The first kappa shape index (κ1) is 24.1. The summed E-state index contributed by atoms with van der Waals surface area (Å²) in [6.45, 7) is 4.12. The first-order valence-electron chi connectivity index (χ1n) is 12.6. The van der Waals surface area contributed by atoms with Crippen molar-refractivity contribution in [3.63, 3.8) is 0 Å². The van der Waals surface area contributed by atoms with Crippen molar-refractivity contribution in [1.82, 2.24) is 14.1 Å². The molecule has 0 unspecified atom stereocenters. The number of aryl methyl sites for hydroxylation is 3. The number of aromatic nitrogens is 3. The van der Waals surface area contributed by atoms with E-state index in [4.69, 9.17) is 0 Å². The normalized spacial score (nSPS) is 10.6. The minimum absolute atomic E-state index is 1.02. The summed E-state index contributed by atoms with van der Waals surface area (Å²) >= 11 is 0. The molecule has 0 bridgehead atoms. The van der Waals surface area contributed by atoms with Gasteiger partial charge in [0, 0.05) is 34.5 Å². The van der Waals surface area contributed by atoms with Crippen LogP contribution >= 0.6 is 0 Å². The minimum atomic E-state index is 1.02. The maximum absolute atomic E-state index is 4.55. The quantitative estimate of drug-likeness (QED) is 0.230. The highest BCUT2D eigenvalue weighted by molar-refractivity contribution is 6.07. The standard InChI is InChI=1S/C14H12N2.C13H11N.C7H8/c1-11-15-13-9-5-6-10-14(13)16(11)12-7-3-2-4-8-12;1-14-12-8-4-2-6-10(12)11-7-3-5-9-13(11)14;1-7-5-3-2-4-6-7/h2-10H,1H3;2-9H,1H3;2-6H,1H3. The van der Waals surface area contributed by atoms with E-state index in [2.05, 4.69) is 107 Å². The number of benzene rings is 5. The van der Waals surface area contributed by atoms with Gasteiger partial charge in [-0.3, -0.25) is 4.57 Å². The van der Waals surface area contributed by atoms with Gasteiger partial charge in [0.2, 0.25) is 0 Å². The smallest absolute Gasteiger partial charge is 0.111 e. The molecule has 2 heterocycles. The van der Waals surface area contributed by atoms with Gasteiger partial charge in [-0.25, -0.2) is 4.98 Å². The molecule has 37 heavy (non-hydrogen) atoms. The third-order valence-electron chi connectivity index (χ3n) is 6.50. The second-order valence-electron chi connectivity index (χ2n) is 9.07. The lowest BCUT2D eigenvalue weighted by Gasteiger charge is -2.05. The lowest BCUT2D eigenvalue weighted by molar-refractivity contribution is 1.00. The number of imidazole rings is 1. The van der Waals surface area contributed by atoms with E-state index in [1.54, 1.807) is 0 Å². The highest BCUT2D eigenvalue weighted by Gasteiger charge is 2.07. The SMILES string of the molecule is Cc1ccccc1.Cc1nc2ccccc2n1-c1ccccc1.Cn1c2ccccc2c2ccccc21. The molecule has 0 N–H and O–H groups in total. The fourth-order valence-electron chi connectivity index (χ4n) is 4.70. The van der Waals surface area contributed by atoms with Crippen molar-refractivity contribution in [3.8, 4) is 5.69 Å². The Balaban J connectivity index is 0.000000122. The van der Waals surface area contributed by atoms with Crippen LogP contribution in [0.25, 0.3) is 38.5 Å². The average molecular weight is 482 g/mol. The lowest BCUT2D eigenvalue weighted by Crippen LogP contribution is -1.95. The van der Waals surface area contributed by atoms with Gasteiger partial charge < -0.3 is 4.57 Å². The van der Waals surface area contributed by atoms with Crippen molar-refractivity contribution in [2.75, 3.05) is 0 Å². The van der Waals surface area contributed by atoms with Crippen molar-refractivity contribution in [2.45, 2.75) is 13.8 Å². The third kappa shape index (κ3) is 5.17. The Morgan fingerprint density at radius 1 is 0.486 bits per heavy atom. The van der Waals surface area contributed by atoms with E-state index in [9.17, 15) is 0 Å². The zero-order valence-corrected chi connectivity index (χ0v) is 21.5. The van der Waals surface area contributed by atoms with Gasteiger partial charge >= 0.3 is 0 Å². The van der Waals surface area contributed by atoms with Gasteiger partial charge in [0.1, 0.15) is 5.82 Å². The Hall–Kier alpha value is -4.63. The predicted octanol–water partition coefficient (Wildman–Crippen LogP) is 8.66. The Morgan fingerprint density at radius 3 is 1.49 bits per heavy atom. The average Bonchev–Trinajstić information content (AvgIpc) is 3.44. The molecule has 5 aromatic carbocycles. The Bertz CT molecular complexity index is 1690. The summed E-state index contributed by atoms with van der Waals surface area (Å²) < 4.78 is 4.42. The maximum atomic E-state index is 4.55. The van der Waals surface area contributed by atoms with Crippen LogP contribution in [0.5, 0.6) is 0 Å². The number of nitrogens with zero attached hydrogens (tertiary/aromatic N) is 3. The van der Waals surface area contributed by atoms with Gasteiger partial charge in [-0.1, -0.05) is 103 Å². The fraction of sp³-hybridized carbons (Fsp3) is 0.0882. The number of rotatable bonds is 1. The highest BCUT2D eigenvalue weighted by Crippen LogP contribution is 2.27. The van der Waals surface area contributed by atoms with Crippen LogP contribution < -0.4 is 0 Å². The highest BCUT2D eigenvalue weighted by atomic mass is 15.1. The van der Waals surface area contributed by atoms with Gasteiger partial charge in [-0.2, -0.15) is 0 Å². The summed E-state index contributed by atoms with van der Waals surface area (Å²) in [5.41, 5.74) is 7.29. The molecule has 0 radical (unpaired) electrons. The van der Waals surface area contributed by atoms with Crippen LogP contribution in [0.2, 0.25) is 0 Å². The number of fused-ring (bicyclic) bond motifs is 4. The maximum Gasteiger partial charge on any atom is 0.111 e. The largest absolute Gasteiger partial charge is 0.344 e. The molecule has 7 aromatic rings. The molecule has 0 fully saturated rings. The summed E-state index contributed by atoms with van der Waals surface area (Å²) in [5, 5.41) is 2.68. The van der Waals surface area contributed by atoms with E-state index in [0.29, 0.717) is 0 Å². The van der Waals surface area contributed by atoms with E-state index in [1.165, 1.54) is 27.4 Å². The molecule has 3 heteroatoms. The molecule has 7 rings (SSSR count). The predicted molar refractivity (Wildman–Crippen MR) is 157 cm³/mol. The van der Waals surface area contributed by atoms with Crippen LogP contribution in [-0.4, -0.2) is 14.1 Å². The summed E-state index contributed by atoms with van der Waals surface area (Å²) in [6, 6.07) is 45.8. The third-order valence-corrected chi connectivity index (χ3v) is 6.50. The van der Waals surface area contributed by atoms with Crippen molar-refractivity contribution >= 4 is 32.8 Å². The van der Waals surface area contributed by atoms with Crippen molar-refractivity contribution < 1.29 is 0 Å². The van der Waals surface area contributed by atoms with Crippen LogP contribution in [0.3, 0.4) is 0 Å². The molecule has 0 spiro atoms. The Labute approximate surface area is 218 Å². The second-order valence-corrected chi connectivity index (χ2v) is 9.07. The Morgan fingerprint density at radius 2 is 0.946 bits per heavy atom. The van der Waals surface area contributed by atoms with Crippen molar-refractivity contribution in [1.29, 1.82) is 0 Å². The van der Waals surface area contributed by atoms with Crippen molar-refractivity contribution in [3.05, 3.63) is 145 Å². The molecule has 0 saturated heterocycles. The number of hydrogen-bond donors (Lipinski definition) is 0. The topological polar surface area (TPSA) is 22.8 Å². The molecule has 0 saturated carbocycles. The second kappa shape index (κ2) is 11.0. The molecule has 0 aliphatic rings. The van der Waals surface area contributed by atoms with Crippen LogP contribution in [0.15, 0.2) is 133 Å². The first-order chi connectivity index (χ1) is 18.1. The fourth-order valence-corrected chi connectivity index (χ4v) is 4.70. The molecule has 2 aromatic heterocycles. The molecule has 0 aliphatic carbocycles. The van der Waals surface area contributed by atoms with Gasteiger partial charge in [-0.15, -0.1) is 0 Å². The summed E-state index contributed by atoms with van der Waals surface area (Å²) in [7, 11) is 2.12. The zero-order chi connectivity index (χ0) is 25.6. The van der Waals surface area contributed by atoms with Crippen LogP contribution in [0.4, 0.5) is 0 Å². The van der Waals surface area contributed by atoms with Gasteiger partial charge in [0.05, 0.1) is 11.0 Å². The summed E-state index contributed by atoms with van der Waals surface area (Å²) in [6.07, 6.45) is 0. The minimum Gasteiger partial charge on any atom is -0.344 e. The summed E-state index contributed by atoms with van der Waals surface area (Å²) in [4.78, 5) is 4.55. The summed E-state index contributed by atoms with van der Waals surface area (Å²) in [5.74, 6) is 1.02. The molecule has 0 atom stereocenters. The van der Waals surface area contributed by atoms with E-state index >= 15 is 0 Å². The number of para-hydroxylation sites is 5. The van der Waals surface area contributed by atoms with E-state index in [1.807, 2.05) is 61.5 Å². The van der Waals surface area contributed by atoms with Crippen molar-refractivity contribution in [2.24, 2.45) is 7.05 Å². The Kier molecular flexibility index (Phi) is 7.14. The zero-order valence-electron chi connectivity index (χ0n) is 21.5. The van der Waals surface area contributed by atoms with E-state index in [-0.39, 0.29) is 0 Å². The number of hydrogen-bond acceptors (Lipinski definition) is 1. The monoisotopic (exact) mass is 481 g/mol. The molecular formula is C34H31N3. The van der Waals surface area contributed by atoms with Crippen LogP contribution in [0, 0.1) is 13.8 Å². The molecule has 182 valence electrons. The molecular weight excluding hydrogens is 450 g/mol. The van der Waals surface area contributed by atoms with Crippen LogP contribution in [-0.2, 0) is 7.05 Å². The van der Waals surface area contributed by atoms with E-state index in [0.717, 1.165) is 22.5 Å². The first-order valence-corrected chi connectivity index (χ1v) is 12.6. The van der Waals surface area contributed by atoms with Gasteiger partial charge in [0.15, 0.2) is 0 Å². The lowest BCUT2D eigenvalue weighted by atomic mass is 10.2. The van der Waals surface area contributed by atoms with E-state index < -0.39 is 0 Å². The van der Waals surface area contributed by atoms with Gasteiger partial charge in [0.25, 0.3) is 0 Å².